The number of carbonyl (C=O) groups is 1. The highest BCUT2D eigenvalue weighted by molar-refractivity contribution is 5.81. The molecule has 16 atom stereocenters. The van der Waals surface area contributed by atoms with E-state index < -0.39 is 124 Å². The predicted molar refractivity (Wildman–Crippen MR) is 190 cm³/mol. The third-order valence-corrected chi connectivity index (χ3v) is 10.6. The summed E-state index contributed by atoms with van der Waals surface area (Å²) >= 11 is 0. The summed E-state index contributed by atoms with van der Waals surface area (Å²) in [6.07, 6.45) is -8.00. The van der Waals surface area contributed by atoms with Crippen LogP contribution in [0.15, 0.2) is 0 Å². The lowest BCUT2D eigenvalue weighted by molar-refractivity contribution is -0.373. The molecule has 0 radical (unpaired) electrons. The summed E-state index contributed by atoms with van der Waals surface area (Å²) in [5.74, 6) is -0.623. The third-order valence-electron chi connectivity index (χ3n) is 10.6. The molecule has 18 nitrogen and oxygen atoms in total. The highest BCUT2D eigenvalue weighted by atomic mass is 16.7. The molecule has 3 aliphatic rings. The molecule has 0 aromatic rings. The van der Waals surface area contributed by atoms with E-state index in [-0.39, 0.29) is 0 Å². The average Bonchev–Trinajstić information content (AvgIpc) is 3.17. The van der Waals surface area contributed by atoms with Crippen LogP contribution < -0.4 is 11.1 Å². The van der Waals surface area contributed by atoms with Gasteiger partial charge in [-0.1, -0.05) is 96.8 Å². The third kappa shape index (κ3) is 13.5. The summed E-state index contributed by atoms with van der Waals surface area (Å²) in [5.41, 5.74) is 6.10. The van der Waals surface area contributed by atoms with Crippen LogP contribution in [0.5, 0.6) is 0 Å². The smallest absolute Gasteiger partial charge is 0.238 e. The van der Waals surface area contributed by atoms with Gasteiger partial charge in [-0.15, -0.1) is 0 Å². The summed E-state index contributed by atoms with van der Waals surface area (Å²) in [5, 5.41) is 106. The summed E-state index contributed by atoms with van der Waals surface area (Å²) in [7, 11) is 0. The Hall–Kier alpha value is -1.17. The molecule has 54 heavy (non-hydrogen) atoms. The quantitative estimate of drug-likeness (QED) is 0.0460. The number of carbonyl (C=O) groups excluding carboxylic acids is 1. The lowest BCUT2D eigenvalue weighted by Crippen LogP contribution is -2.68. The SMILES string of the molecule is CCCCCCCCCCCCCCCC[C@H](N)C(=O)N[C@@H]1O[C@H](CO)[C@@H](O[C@H]2O[C@H](CO)[C@@H](O[C@H]3O[C@H](CO)[C@@H](O)[C@H](O)[C@H]3O)[C@H](O)[C@H]2O)[C@H](O)[C@H]1O. The van der Waals surface area contributed by atoms with Gasteiger partial charge in [-0.25, -0.2) is 0 Å². The van der Waals surface area contributed by atoms with Crippen LogP contribution in [0.1, 0.15) is 103 Å². The Labute approximate surface area is 317 Å². The van der Waals surface area contributed by atoms with E-state index >= 15 is 0 Å². The number of ether oxygens (including phenoxy) is 5. The van der Waals surface area contributed by atoms with E-state index in [9.17, 15) is 55.9 Å². The first kappa shape index (κ1) is 47.2. The maximum atomic E-state index is 12.9. The number of hydrogen-bond acceptors (Lipinski definition) is 17. The van der Waals surface area contributed by atoms with Crippen molar-refractivity contribution in [1.82, 2.24) is 5.32 Å². The van der Waals surface area contributed by atoms with Crippen LogP contribution in [0, 0.1) is 0 Å². The molecule has 3 fully saturated rings. The standard InChI is InChI=1S/C36H68N2O16/c1-2-3-4-5-6-7-8-9-10-11-12-13-14-15-16-20(37)33(49)38-34-28(46)26(44)31(22(18-40)50-34)53-36-30(48)27(45)32(23(19-41)52-36)54-35-29(47)25(43)24(42)21(17-39)51-35/h20-32,34-36,39-48H,2-19,37H2,1H3,(H,38,49)/t20-,21+,22+,23+,24+,25-,26+,27+,28+,29+,30+,31+,32+,34+,35+,36+/m0/s1. The Morgan fingerprint density at radius 2 is 0.963 bits per heavy atom. The fourth-order valence-corrected chi connectivity index (χ4v) is 7.13. The first-order valence-electron chi connectivity index (χ1n) is 19.8. The fraction of sp³-hybridized carbons (Fsp3) is 0.972. The maximum absolute atomic E-state index is 12.9. The van der Waals surface area contributed by atoms with Crippen molar-refractivity contribution in [1.29, 1.82) is 0 Å². The van der Waals surface area contributed by atoms with E-state index in [2.05, 4.69) is 12.2 Å². The first-order valence-corrected chi connectivity index (χ1v) is 19.8. The second-order valence-electron chi connectivity index (χ2n) is 14.9. The molecule has 318 valence electrons. The van der Waals surface area contributed by atoms with Crippen LogP contribution in [-0.2, 0) is 28.5 Å². The second-order valence-corrected chi connectivity index (χ2v) is 14.9. The minimum atomic E-state index is -1.95. The molecular weight excluding hydrogens is 716 g/mol. The molecule has 3 aliphatic heterocycles. The number of nitrogens with two attached hydrogens (primary N) is 1. The summed E-state index contributed by atoms with van der Waals surface area (Å²) in [6, 6.07) is -0.905. The highest BCUT2D eigenvalue weighted by Gasteiger charge is 2.53. The molecule has 0 aliphatic carbocycles. The zero-order valence-electron chi connectivity index (χ0n) is 31.5. The van der Waals surface area contributed by atoms with E-state index in [4.69, 9.17) is 29.4 Å². The molecule has 13 N–H and O–H groups in total. The van der Waals surface area contributed by atoms with E-state index in [1.807, 2.05) is 0 Å². The lowest BCUT2D eigenvalue weighted by Gasteiger charge is -2.48. The van der Waals surface area contributed by atoms with Crippen molar-refractivity contribution in [3.8, 4) is 0 Å². The molecular formula is C36H68N2O16. The van der Waals surface area contributed by atoms with Crippen molar-refractivity contribution in [2.75, 3.05) is 19.8 Å². The Morgan fingerprint density at radius 1 is 0.556 bits per heavy atom. The molecule has 3 saturated heterocycles. The Morgan fingerprint density at radius 3 is 1.44 bits per heavy atom. The number of amides is 1. The molecule has 0 spiro atoms. The molecule has 3 heterocycles. The number of rotatable bonds is 24. The van der Waals surface area contributed by atoms with E-state index in [1.54, 1.807) is 0 Å². The van der Waals surface area contributed by atoms with Gasteiger partial charge in [0.15, 0.2) is 18.8 Å². The van der Waals surface area contributed by atoms with Gasteiger partial charge in [0.1, 0.15) is 73.2 Å². The molecule has 1 amide bonds. The predicted octanol–water partition coefficient (Wildman–Crippen LogP) is -2.25. The van der Waals surface area contributed by atoms with E-state index in [0.717, 1.165) is 25.7 Å². The Bertz CT molecular complexity index is 1030. The number of nitrogens with one attached hydrogen (secondary N) is 1. The minimum Gasteiger partial charge on any atom is -0.394 e. The van der Waals surface area contributed by atoms with Crippen LogP contribution in [0.4, 0.5) is 0 Å². The van der Waals surface area contributed by atoms with Gasteiger partial charge in [-0.3, -0.25) is 4.79 Å². The van der Waals surface area contributed by atoms with Crippen molar-refractivity contribution < 1.29 is 79.5 Å². The van der Waals surface area contributed by atoms with Gasteiger partial charge < -0.3 is 85.8 Å². The molecule has 0 unspecified atom stereocenters. The minimum absolute atomic E-state index is 0.400. The molecule has 3 rings (SSSR count). The Kier molecular flexibility index (Phi) is 21.5. The van der Waals surface area contributed by atoms with Gasteiger partial charge in [0.2, 0.25) is 5.91 Å². The average molecular weight is 785 g/mol. The number of unbranched alkanes of at least 4 members (excludes halogenated alkanes) is 13. The number of aliphatic hydroxyl groups is 10. The normalized spacial score (nSPS) is 38.0. The maximum Gasteiger partial charge on any atom is 0.238 e. The topological polar surface area (TPSA) is 304 Å². The van der Waals surface area contributed by atoms with Crippen molar-refractivity contribution >= 4 is 5.91 Å². The highest BCUT2D eigenvalue weighted by Crippen LogP contribution is 2.32. The fourth-order valence-electron chi connectivity index (χ4n) is 7.13. The molecule has 0 aromatic heterocycles. The molecule has 0 aromatic carbocycles. The molecule has 18 heteroatoms. The molecule has 0 saturated carbocycles. The van der Waals surface area contributed by atoms with Crippen molar-refractivity contribution in [3.63, 3.8) is 0 Å². The van der Waals surface area contributed by atoms with Gasteiger partial charge in [0.25, 0.3) is 0 Å². The zero-order valence-corrected chi connectivity index (χ0v) is 31.5. The van der Waals surface area contributed by atoms with Crippen LogP contribution in [0.25, 0.3) is 0 Å². The number of aliphatic hydroxyl groups excluding tert-OH is 10. The van der Waals surface area contributed by atoms with Gasteiger partial charge in [-0.2, -0.15) is 0 Å². The summed E-state index contributed by atoms with van der Waals surface area (Å²) < 4.78 is 27.7. The lowest BCUT2D eigenvalue weighted by atomic mass is 9.95. The van der Waals surface area contributed by atoms with Gasteiger partial charge in [-0.05, 0) is 6.42 Å². The van der Waals surface area contributed by atoms with Crippen LogP contribution in [0.2, 0.25) is 0 Å². The van der Waals surface area contributed by atoms with Crippen LogP contribution in [-0.4, -0.2) is 175 Å². The largest absolute Gasteiger partial charge is 0.394 e. The van der Waals surface area contributed by atoms with Gasteiger partial charge >= 0.3 is 0 Å². The van der Waals surface area contributed by atoms with E-state index in [1.165, 1.54) is 64.2 Å². The van der Waals surface area contributed by atoms with Crippen molar-refractivity contribution in [2.45, 2.75) is 201 Å². The van der Waals surface area contributed by atoms with Crippen LogP contribution >= 0.6 is 0 Å². The molecule has 0 bridgehead atoms. The van der Waals surface area contributed by atoms with Crippen molar-refractivity contribution in [3.05, 3.63) is 0 Å². The van der Waals surface area contributed by atoms with Gasteiger partial charge in [0.05, 0.1) is 25.9 Å². The monoisotopic (exact) mass is 784 g/mol. The van der Waals surface area contributed by atoms with Crippen LogP contribution in [0.3, 0.4) is 0 Å². The van der Waals surface area contributed by atoms with Gasteiger partial charge in [0, 0.05) is 0 Å². The van der Waals surface area contributed by atoms with Crippen molar-refractivity contribution in [2.24, 2.45) is 5.73 Å². The zero-order chi connectivity index (χ0) is 39.8. The number of hydrogen-bond donors (Lipinski definition) is 12. The summed E-state index contributed by atoms with van der Waals surface area (Å²) in [4.78, 5) is 12.9. The second kappa shape index (κ2) is 24.6. The van der Waals surface area contributed by atoms with E-state index in [0.29, 0.717) is 6.42 Å². The first-order chi connectivity index (χ1) is 25.9. The Balaban J connectivity index is 1.42. The summed E-state index contributed by atoms with van der Waals surface area (Å²) in [6.45, 7) is -0.138.